The molecule has 0 saturated carbocycles. The maximum atomic E-state index is 13.4. The predicted molar refractivity (Wildman–Crippen MR) is 118 cm³/mol. The number of fused-ring (bicyclic) bond motifs is 1. The highest BCUT2D eigenvalue weighted by Crippen LogP contribution is 2.40. The van der Waals surface area contributed by atoms with Crippen LogP contribution in [0.3, 0.4) is 0 Å². The minimum absolute atomic E-state index is 0.101. The van der Waals surface area contributed by atoms with Crippen LogP contribution in [0.15, 0.2) is 72.8 Å². The van der Waals surface area contributed by atoms with E-state index in [2.05, 4.69) is 10.6 Å². The van der Waals surface area contributed by atoms with Crippen molar-refractivity contribution in [2.24, 2.45) is 0 Å². The maximum Gasteiger partial charge on any atom is 0.329 e. The number of amides is 3. The first-order valence-corrected chi connectivity index (χ1v) is 9.92. The van der Waals surface area contributed by atoms with Crippen molar-refractivity contribution in [1.29, 1.82) is 0 Å². The van der Waals surface area contributed by atoms with Gasteiger partial charge in [0.05, 0.1) is 12.8 Å². The number of carbonyl (C=O) groups is 2. The van der Waals surface area contributed by atoms with Crippen molar-refractivity contribution in [2.75, 3.05) is 17.3 Å². The molecule has 3 amide bonds. The molecule has 1 heterocycles. The van der Waals surface area contributed by atoms with E-state index in [1.165, 1.54) is 7.11 Å². The second kappa shape index (κ2) is 8.29. The Hall–Kier alpha value is -3.55. The Bertz CT molecular complexity index is 1140. The summed E-state index contributed by atoms with van der Waals surface area (Å²) >= 11 is 5.98. The number of benzene rings is 3. The van der Waals surface area contributed by atoms with Gasteiger partial charge < -0.3 is 20.5 Å². The molecular weight excluding hydrogens is 418 g/mol. The Morgan fingerprint density at radius 3 is 2.52 bits per heavy atom. The molecule has 1 aliphatic rings. The molecule has 31 heavy (non-hydrogen) atoms. The molecule has 0 aromatic heterocycles. The largest absolute Gasteiger partial charge is 0.496 e. The van der Waals surface area contributed by atoms with Crippen molar-refractivity contribution in [3.63, 3.8) is 0 Å². The fourth-order valence-electron chi connectivity index (χ4n) is 3.60. The normalized spacial score (nSPS) is 17.5. The predicted octanol–water partition coefficient (Wildman–Crippen LogP) is 3.86. The minimum Gasteiger partial charge on any atom is -0.496 e. The maximum absolute atomic E-state index is 13.4. The van der Waals surface area contributed by atoms with Gasteiger partial charge in [0.2, 0.25) is 0 Å². The van der Waals surface area contributed by atoms with Gasteiger partial charge in [-0.15, -0.1) is 0 Å². The molecule has 0 spiro atoms. The highest BCUT2D eigenvalue weighted by molar-refractivity contribution is 6.30. The Morgan fingerprint density at radius 1 is 1.10 bits per heavy atom. The summed E-state index contributed by atoms with van der Waals surface area (Å²) < 4.78 is 5.32. The Kier molecular flexibility index (Phi) is 5.54. The van der Waals surface area contributed by atoms with Gasteiger partial charge in [-0.2, -0.15) is 0 Å². The fourth-order valence-corrected chi connectivity index (χ4v) is 3.73. The van der Waals surface area contributed by atoms with Gasteiger partial charge in [-0.05, 0) is 36.4 Å². The van der Waals surface area contributed by atoms with Crippen molar-refractivity contribution in [2.45, 2.75) is 12.3 Å². The third-order valence-corrected chi connectivity index (χ3v) is 5.36. The second-order valence-corrected chi connectivity index (χ2v) is 7.39. The molecule has 1 unspecified atom stereocenters. The SMILES string of the molecule is COc1ccccc1CNC(=O)C1(O)c2ccccc2NC(=O)N1c1ccc(Cl)cc1. The zero-order chi connectivity index (χ0) is 22.0. The molecule has 1 atom stereocenters. The van der Waals surface area contributed by atoms with Crippen molar-refractivity contribution in [3.05, 3.63) is 88.9 Å². The van der Waals surface area contributed by atoms with E-state index in [9.17, 15) is 14.7 Å². The number of rotatable bonds is 5. The number of hydrogen-bond acceptors (Lipinski definition) is 4. The first kappa shape index (κ1) is 20.7. The summed E-state index contributed by atoms with van der Waals surface area (Å²) in [6.45, 7) is 0.101. The van der Waals surface area contributed by atoms with Crippen LogP contribution in [-0.4, -0.2) is 24.2 Å². The van der Waals surface area contributed by atoms with E-state index >= 15 is 0 Å². The number of hydrogen-bond donors (Lipinski definition) is 3. The summed E-state index contributed by atoms with van der Waals surface area (Å²) in [5.41, 5.74) is -0.635. The number of nitrogens with zero attached hydrogens (tertiary/aromatic N) is 1. The van der Waals surface area contributed by atoms with Gasteiger partial charge in [-0.3, -0.25) is 9.69 Å². The molecule has 7 nitrogen and oxygen atoms in total. The summed E-state index contributed by atoms with van der Waals surface area (Å²) in [7, 11) is 1.54. The zero-order valence-electron chi connectivity index (χ0n) is 16.6. The lowest BCUT2D eigenvalue weighted by Gasteiger charge is -2.42. The highest BCUT2D eigenvalue weighted by atomic mass is 35.5. The Morgan fingerprint density at radius 2 is 1.77 bits per heavy atom. The third-order valence-electron chi connectivity index (χ3n) is 5.10. The van der Waals surface area contributed by atoms with Crippen LogP contribution in [-0.2, 0) is 17.1 Å². The lowest BCUT2D eigenvalue weighted by molar-refractivity contribution is -0.140. The van der Waals surface area contributed by atoms with Crippen LogP contribution in [0.25, 0.3) is 0 Å². The molecule has 0 saturated heterocycles. The number of aliphatic hydroxyl groups is 1. The first-order chi connectivity index (χ1) is 14.9. The molecular formula is C23H20ClN3O4. The standard InChI is InChI=1S/C23H20ClN3O4/c1-31-20-9-5-2-6-15(20)14-25-21(28)23(30)18-7-3-4-8-19(18)26-22(29)27(23)17-12-10-16(24)11-13-17/h2-13,30H,14H2,1H3,(H,25,28)(H,26,29). The van der Waals surface area contributed by atoms with Crippen LogP contribution in [0, 0.1) is 0 Å². The number of ether oxygens (including phenoxy) is 1. The average Bonchev–Trinajstić information content (AvgIpc) is 2.78. The lowest BCUT2D eigenvalue weighted by atomic mass is 9.94. The quantitative estimate of drug-likeness (QED) is 0.565. The molecule has 8 heteroatoms. The van der Waals surface area contributed by atoms with Crippen LogP contribution < -0.4 is 20.3 Å². The number of nitrogens with one attached hydrogen (secondary N) is 2. The number of urea groups is 1. The van der Waals surface area contributed by atoms with E-state index in [4.69, 9.17) is 16.3 Å². The monoisotopic (exact) mass is 437 g/mol. The van der Waals surface area contributed by atoms with E-state index in [1.54, 1.807) is 54.6 Å². The third kappa shape index (κ3) is 3.69. The summed E-state index contributed by atoms with van der Waals surface area (Å²) in [6.07, 6.45) is 0. The van der Waals surface area contributed by atoms with Crippen molar-refractivity contribution in [3.8, 4) is 5.75 Å². The molecule has 3 aromatic carbocycles. The summed E-state index contributed by atoms with van der Waals surface area (Å²) in [5.74, 6) is -0.151. The van der Waals surface area contributed by atoms with Crippen LogP contribution in [0.1, 0.15) is 11.1 Å². The number of carbonyl (C=O) groups excluding carboxylic acids is 2. The van der Waals surface area contributed by atoms with Gasteiger partial charge in [0.25, 0.3) is 11.6 Å². The summed E-state index contributed by atoms with van der Waals surface area (Å²) in [5, 5.41) is 17.7. The molecule has 1 aliphatic heterocycles. The first-order valence-electron chi connectivity index (χ1n) is 9.54. The number of para-hydroxylation sites is 2. The average molecular weight is 438 g/mol. The fraction of sp³-hybridized carbons (Fsp3) is 0.130. The van der Waals surface area contributed by atoms with Crippen LogP contribution in [0.4, 0.5) is 16.2 Å². The second-order valence-electron chi connectivity index (χ2n) is 6.95. The Labute approximate surface area is 184 Å². The zero-order valence-corrected chi connectivity index (χ0v) is 17.4. The summed E-state index contributed by atoms with van der Waals surface area (Å²) in [6, 6.07) is 19.5. The molecule has 158 valence electrons. The molecule has 3 N–H and O–H groups in total. The van der Waals surface area contributed by atoms with Crippen LogP contribution in [0.2, 0.25) is 5.02 Å². The van der Waals surface area contributed by atoms with Gasteiger partial charge in [0.1, 0.15) is 5.75 Å². The van der Waals surface area contributed by atoms with Crippen molar-refractivity contribution < 1.29 is 19.4 Å². The van der Waals surface area contributed by atoms with Gasteiger partial charge in [-0.1, -0.05) is 48.0 Å². The number of anilines is 2. The van der Waals surface area contributed by atoms with Crippen LogP contribution >= 0.6 is 11.6 Å². The molecule has 0 radical (unpaired) electrons. The Balaban J connectivity index is 1.75. The molecule has 0 bridgehead atoms. The molecule has 3 aromatic rings. The molecule has 0 aliphatic carbocycles. The lowest BCUT2D eigenvalue weighted by Crippen LogP contribution is -2.62. The van der Waals surface area contributed by atoms with E-state index in [0.717, 1.165) is 10.5 Å². The van der Waals surface area contributed by atoms with Gasteiger partial charge in [-0.25, -0.2) is 4.79 Å². The van der Waals surface area contributed by atoms with E-state index < -0.39 is 17.7 Å². The number of halogens is 1. The van der Waals surface area contributed by atoms with Crippen LogP contribution in [0.5, 0.6) is 5.75 Å². The van der Waals surface area contributed by atoms with Gasteiger partial charge in [0.15, 0.2) is 0 Å². The minimum atomic E-state index is -2.28. The van der Waals surface area contributed by atoms with Gasteiger partial charge in [0, 0.05) is 28.4 Å². The van der Waals surface area contributed by atoms with Crippen molar-refractivity contribution in [1.82, 2.24) is 5.32 Å². The van der Waals surface area contributed by atoms with E-state index in [1.807, 2.05) is 18.2 Å². The highest BCUT2D eigenvalue weighted by Gasteiger charge is 2.51. The molecule has 0 fully saturated rings. The van der Waals surface area contributed by atoms with E-state index in [0.29, 0.717) is 22.1 Å². The van der Waals surface area contributed by atoms with Gasteiger partial charge >= 0.3 is 6.03 Å². The smallest absolute Gasteiger partial charge is 0.329 e. The number of methoxy groups -OCH3 is 1. The summed E-state index contributed by atoms with van der Waals surface area (Å²) in [4.78, 5) is 27.4. The van der Waals surface area contributed by atoms with E-state index in [-0.39, 0.29) is 12.1 Å². The molecule has 4 rings (SSSR count). The van der Waals surface area contributed by atoms with Crippen molar-refractivity contribution >= 4 is 34.9 Å². The topological polar surface area (TPSA) is 90.9 Å².